The Morgan fingerprint density at radius 1 is 1.16 bits per heavy atom. The van der Waals surface area contributed by atoms with Gasteiger partial charge in [0.15, 0.2) is 0 Å². The van der Waals surface area contributed by atoms with Crippen LogP contribution in [-0.2, 0) is 18.3 Å². The quantitative estimate of drug-likeness (QED) is 0.764. The van der Waals surface area contributed by atoms with Gasteiger partial charge in [0, 0.05) is 18.0 Å². The summed E-state index contributed by atoms with van der Waals surface area (Å²) < 4.78 is 14.9. The fourth-order valence-corrected chi connectivity index (χ4v) is 2.81. The normalized spacial score (nSPS) is 12.1. The van der Waals surface area contributed by atoms with E-state index in [1.807, 2.05) is 6.07 Å². The summed E-state index contributed by atoms with van der Waals surface area (Å²) in [5.41, 5.74) is 1.70. The highest BCUT2D eigenvalue weighted by Crippen LogP contribution is 2.20. The lowest BCUT2D eigenvalue weighted by Crippen LogP contribution is -2.49. The molecule has 0 aliphatic heterocycles. The number of aliphatic carboxylic acids is 1. The molecule has 0 radical (unpaired) electrons. The summed E-state index contributed by atoms with van der Waals surface area (Å²) in [6, 6.07) is 13.5. The summed E-state index contributed by atoms with van der Waals surface area (Å²) in [5, 5.41) is 14.4. The average molecular weight is 339 g/mol. The number of aromatic nitrogens is 1. The summed E-state index contributed by atoms with van der Waals surface area (Å²) in [7, 11) is 1.67. The Morgan fingerprint density at radius 3 is 2.56 bits per heavy atom. The second-order valence-corrected chi connectivity index (χ2v) is 5.83. The van der Waals surface area contributed by atoms with Gasteiger partial charge in [-0.1, -0.05) is 30.3 Å². The Morgan fingerprint density at radius 2 is 1.88 bits per heavy atom. The predicted molar refractivity (Wildman–Crippen MR) is 89.3 cm³/mol. The number of carboxylic acids is 1. The number of hydrogen-bond donors (Lipinski definition) is 1. The van der Waals surface area contributed by atoms with Crippen molar-refractivity contribution in [3.05, 3.63) is 71.7 Å². The van der Waals surface area contributed by atoms with Crippen molar-refractivity contribution in [3.63, 3.8) is 0 Å². The zero-order chi connectivity index (χ0) is 18.0. The maximum atomic E-state index is 13.3. The Hall–Kier alpha value is -3.15. The number of nitrogens with one attached hydrogen (secondary N) is 1. The molecule has 3 aromatic rings. The van der Waals surface area contributed by atoms with Gasteiger partial charge in [-0.2, -0.15) is 0 Å². The van der Waals surface area contributed by atoms with Crippen LogP contribution in [0, 0.1) is 5.82 Å². The molecule has 128 valence electrons. The number of amides is 1. The molecule has 2 aromatic carbocycles. The van der Waals surface area contributed by atoms with Crippen LogP contribution in [0.5, 0.6) is 0 Å². The van der Waals surface area contributed by atoms with Crippen molar-refractivity contribution in [3.8, 4) is 0 Å². The molecule has 0 unspecified atom stereocenters. The molecule has 0 bridgehead atoms. The van der Waals surface area contributed by atoms with Crippen LogP contribution in [-0.4, -0.2) is 22.5 Å². The number of aryl methyl sites for hydroxylation is 1. The Balaban J connectivity index is 1.84. The van der Waals surface area contributed by atoms with Crippen LogP contribution in [0.15, 0.2) is 54.6 Å². The van der Waals surface area contributed by atoms with E-state index in [0.29, 0.717) is 10.9 Å². The Kier molecular flexibility index (Phi) is 4.52. The maximum Gasteiger partial charge on any atom is 0.268 e. The summed E-state index contributed by atoms with van der Waals surface area (Å²) in [4.78, 5) is 23.9. The van der Waals surface area contributed by atoms with E-state index in [4.69, 9.17) is 0 Å². The Labute approximate surface area is 143 Å². The molecule has 1 heterocycles. The molecule has 1 aromatic heterocycles. The van der Waals surface area contributed by atoms with Gasteiger partial charge in [-0.05, 0) is 36.2 Å². The molecule has 0 aliphatic carbocycles. The number of hydrogen-bond acceptors (Lipinski definition) is 3. The second kappa shape index (κ2) is 6.76. The highest BCUT2D eigenvalue weighted by molar-refractivity contribution is 6.00. The monoisotopic (exact) mass is 339 g/mol. The number of benzene rings is 2. The van der Waals surface area contributed by atoms with Gasteiger partial charge in [0.1, 0.15) is 11.5 Å². The number of carboxylic acid groups (broad SMARTS) is 1. The first kappa shape index (κ1) is 16.7. The highest BCUT2D eigenvalue weighted by Gasteiger charge is 2.19. The molecule has 1 N–H and O–H groups in total. The van der Waals surface area contributed by atoms with Crippen molar-refractivity contribution in [2.24, 2.45) is 7.05 Å². The molecule has 0 saturated heterocycles. The fourth-order valence-electron chi connectivity index (χ4n) is 2.81. The first-order valence-electron chi connectivity index (χ1n) is 7.76. The van der Waals surface area contributed by atoms with E-state index in [2.05, 4.69) is 5.32 Å². The van der Waals surface area contributed by atoms with Crippen LogP contribution in [0.1, 0.15) is 16.1 Å². The molecule has 6 heteroatoms. The third kappa shape index (κ3) is 3.52. The Bertz CT molecular complexity index is 934. The molecule has 0 aliphatic rings. The van der Waals surface area contributed by atoms with Crippen molar-refractivity contribution < 1.29 is 19.1 Å². The third-order valence-electron chi connectivity index (χ3n) is 4.11. The average Bonchev–Trinajstić information content (AvgIpc) is 2.91. The minimum Gasteiger partial charge on any atom is -0.548 e. The van der Waals surface area contributed by atoms with Gasteiger partial charge in [0.05, 0.1) is 12.0 Å². The summed E-state index contributed by atoms with van der Waals surface area (Å²) in [6.07, 6.45) is 0.119. The number of nitrogens with zero attached hydrogens (tertiary/aromatic N) is 1. The molecular weight excluding hydrogens is 323 g/mol. The van der Waals surface area contributed by atoms with Gasteiger partial charge in [-0.15, -0.1) is 0 Å². The van der Waals surface area contributed by atoms with E-state index in [9.17, 15) is 19.1 Å². The summed E-state index contributed by atoms with van der Waals surface area (Å²) >= 11 is 0. The fraction of sp³-hybridized carbons (Fsp3) is 0.158. The lowest BCUT2D eigenvalue weighted by atomic mass is 10.1. The predicted octanol–water partition coefficient (Wildman–Crippen LogP) is 1.41. The third-order valence-corrected chi connectivity index (χ3v) is 4.11. The van der Waals surface area contributed by atoms with Crippen molar-refractivity contribution >= 4 is 22.8 Å². The van der Waals surface area contributed by atoms with Crippen LogP contribution in [0.2, 0.25) is 0 Å². The van der Waals surface area contributed by atoms with Crippen LogP contribution in [0.4, 0.5) is 4.39 Å². The minimum absolute atomic E-state index is 0.119. The van der Waals surface area contributed by atoms with Crippen molar-refractivity contribution in [1.82, 2.24) is 9.88 Å². The number of rotatable bonds is 5. The molecule has 5 nitrogen and oxygen atoms in total. The molecule has 0 spiro atoms. The minimum atomic E-state index is -1.36. The van der Waals surface area contributed by atoms with Crippen LogP contribution in [0.25, 0.3) is 10.9 Å². The van der Waals surface area contributed by atoms with Gasteiger partial charge in [0.2, 0.25) is 0 Å². The van der Waals surface area contributed by atoms with E-state index < -0.39 is 23.7 Å². The van der Waals surface area contributed by atoms with Crippen molar-refractivity contribution in [1.29, 1.82) is 0 Å². The first-order chi connectivity index (χ1) is 12.0. The van der Waals surface area contributed by atoms with Crippen LogP contribution >= 0.6 is 0 Å². The van der Waals surface area contributed by atoms with Gasteiger partial charge < -0.3 is 19.8 Å². The van der Waals surface area contributed by atoms with E-state index in [0.717, 1.165) is 5.56 Å². The highest BCUT2D eigenvalue weighted by atomic mass is 19.1. The van der Waals surface area contributed by atoms with Gasteiger partial charge in [-0.25, -0.2) is 4.39 Å². The molecule has 3 rings (SSSR count). The number of fused-ring (bicyclic) bond motifs is 1. The molecule has 0 saturated carbocycles. The maximum absolute atomic E-state index is 13.3. The molecule has 1 atom stereocenters. The standard InChI is InChI=1S/C19H17FN2O3/c1-22-16-8-7-14(20)10-13(16)11-17(22)18(23)21-15(19(24)25)9-12-5-3-2-4-6-12/h2-8,10-11,15H,9H2,1H3,(H,21,23)(H,24,25)/p-1/t15-/m0/s1. The SMILES string of the molecule is Cn1c(C(=O)N[C@@H](Cc2ccccc2)C(=O)[O-])cc2cc(F)ccc21. The van der Waals surface area contributed by atoms with E-state index in [1.54, 1.807) is 41.9 Å². The van der Waals surface area contributed by atoms with Gasteiger partial charge in [-0.3, -0.25) is 4.79 Å². The number of carbonyl (C=O) groups excluding carboxylic acids is 2. The van der Waals surface area contributed by atoms with Crippen LogP contribution < -0.4 is 10.4 Å². The largest absolute Gasteiger partial charge is 0.548 e. The van der Waals surface area contributed by atoms with E-state index >= 15 is 0 Å². The number of carbonyl (C=O) groups is 2. The van der Waals surface area contributed by atoms with Gasteiger partial charge in [0.25, 0.3) is 5.91 Å². The first-order valence-corrected chi connectivity index (χ1v) is 7.76. The summed E-state index contributed by atoms with van der Waals surface area (Å²) in [6.45, 7) is 0. The van der Waals surface area contributed by atoms with Crippen molar-refractivity contribution in [2.75, 3.05) is 0 Å². The van der Waals surface area contributed by atoms with Gasteiger partial charge >= 0.3 is 0 Å². The number of halogens is 1. The van der Waals surface area contributed by atoms with Crippen LogP contribution in [0.3, 0.4) is 0 Å². The van der Waals surface area contributed by atoms with E-state index in [1.165, 1.54) is 18.2 Å². The van der Waals surface area contributed by atoms with Crippen molar-refractivity contribution in [2.45, 2.75) is 12.5 Å². The lowest BCUT2D eigenvalue weighted by molar-refractivity contribution is -0.308. The topological polar surface area (TPSA) is 74.2 Å². The molecule has 0 fully saturated rings. The second-order valence-electron chi connectivity index (χ2n) is 5.83. The lowest BCUT2D eigenvalue weighted by Gasteiger charge is -2.20. The smallest absolute Gasteiger partial charge is 0.268 e. The summed E-state index contributed by atoms with van der Waals surface area (Å²) in [5.74, 6) is -2.31. The molecular formula is C19H16FN2O3-. The van der Waals surface area contributed by atoms with E-state index in [-0.39, 0.29) is 12.1 Å². The zero-order valence-electron chi connectivity index (χ0n) is 13.5. The molecule has 1 amide bonds. The zero-order valence-corrected chi connectivity index (χ0v) is 13.5. The molecule has 25 heavy (non-hydrogen) atoms.